The molecule has 0 amide bonds. The number of alkyl halides is 1. The molecular weight excluding hydrogens is 169 g/mol. The second-order valence-electron chi connectivity index (χ2n) is 4.43. The van der Waals surface area contributed by atoms with Gasteiger partial charge in [-0.2, -0.15) is 0 Å². The molecule has 0 aromatic heterocycles. The average molecular weight is 189 g/mol. The Kier molecular flexibility index (Phi) is 3.68. The Hall–Kier alpha value is -0.150. The minimum absolute atomic E-state index is 0.0666. The molecule has 0 radical (unpaired) electrons. The van der Waals surface area contributed by atoms with Gasteiger partial charge in [-0.15, -0.1) is 0 Å². The summed E-state index contributed by atoms with van der Waals surface area (Å²) in [5.74, 6) is 0. The van der Waals surface area contributed by atoms with Crippen LogP contribution >= 0.6 is 0 Å². The van der Waals surface area contributed by atoms with Gasteiger partial charge in [0.25, 0.3) is 0 Å². The van der Waals surface area contributed by atoms with E-state index in [9.17, 15) is 4.39 Å². The fourth-order valence-corrected chi connectivity index (χ4v) is 1.70. The topological polar surface area (TPSA) is 12.5 Å². The van der Waals surface area contributed by atoms with Gasteiger partial charge in [0.05, 0.1) is 18.9 Å². The van der Waals surface area contributed by atoms with Gasteiger partial charge in [0.2, 0.25) is 0 Å². The fourth-order valence-electron chi connectivity index (χ4n) is 1.70. The number of hydrogen-bond acceptors (Lipinski definition) is 2. The summed E-state index contributed by atoms with van der Waals surface area (Å²) in [4.78, 5) is 2.31. The van der Waals surface area contributed by atoms with Gasteiger partial charge in [-0.25, -0.2) is 0 Å². The van der Waals surface area contributed by atoms with Crippen LogP contribution in [-0.4, -0.2) is 42.9 Å². The number of rotatable bonds is 3. The lowest BCUT2D eigenvalue weighted by molar-refractivity contribution is -0.110. The Morgan fingerprint density at radius 2 is 2.23 bits per heavy atom. The summed E-state index contributed by atoms with van der Waals surface area (Å²) in [6.07, 6.45) is 0.639. The number of nitrogens with zero attached hydrogens (tertiary/aromatic N) is 1. The molecule has 0 unspecified atom stereocenters. The Bertz CT molecular complexity index is 161. The molecule has 1 fully saturated rings. The van der Waals surface area contributed by atoms with Crippen LogP contribution in [0.15, 0.2) is 0 Å². The lowest BCUT2D eigenvalue weighted by atomic mass is 10.0. The lowest BCUT2D eigenvalue weighted by Gasteiger charge is -2.42. The van der Waals surface area contributed by atoms with Gasteiger partial charge < -0.3 is 4.74 Å². The summed E-state index contributed by atoms with van der Waals surface area (Å²) in [6.45, 7) is 8.61. The molecule has 1 aliphatic heterocycles. The maximum absolute atomic E-state index is 12.0. The third-order valence-electron chi connectivity index (χ3n) is 2.50. The quantitative estimate of drug-likeness (QED) is 0.671. The number of morpholine rings is 1. The van der Waals surface area contributed by atoms with Crippen LogP contribution in [0.3, 0.4) is 0 Å². The molecule has 0 aromatic rings. The summed E-state index contributed by atoms with van der Waals surface area (Å²) < 4.78 is 17.7. The normalized spacial score (nSPS) is 29.1. The predicted octanol–water partition coefficient (Wildman–Crippen LogP) is 1.85. The molecule has 0 aliphatic carbocycles. The van der Waals surface area contributed by atoms with Gasteiger partial charge in [-0.1, -0.05) is 0 Å². The summed E-state index contributed by atoms with van der Waals surface area (Å²) in [5.41, 5.74) is -0.0666. The van der Waals surface area contributed by atoms with Crippen molar-refractivity contribution in [1.82, 2.24) is 4.90 Å². The van der Waals surface area contributed by atoms with E-state index in [2.05, 4.69) is 25.7 Å². The molecule has 78 valence electrons. The highest BCUT2D eigenvalue weighted by Crippen LogP contribution is 2.20. The highest BCUT2D eigenvalue weighted by atomic mass is 19.1. The smallest absolute Gasteiger partial charge is 0.0906 e. The van der Waals surface area contributed by atoms with E-state index >= 15 is 0 Å². The zero-order chi connectivity index (χ0) is 9.90. The Balaban J connectivity index is 2.41. The second-order valence-corrected chi connectivity index (χ2v) is 4.43. The first-order valence-corrected chi connectivity index (χ1v) is 4.99. The van der Waals surface area contributed by atoms with Crippen LogP contribution < -0.4 is 0 Å². The minimum atomic E-state index is -0.218. The summed E-state index contributed by atoms with van der Waals surface area (Å²) in [7, 11) is 0. The van der Waals surface area contributed by atoms with Crippen molar-refractivity contribution in [3.05, 3.63) is 0 Å². The highest BCUT2D eigenvalue weighted by molar-refractivity contribution is 4.83. The molecule has 0 spiro atoms. The molecule has 1 saturated heterocycles. The Morgan fingerprint density at radius 3 is 2.85 bits per heavy atom. The minimum Gasteiger partial charge on any atom is -0.373 e. The zero-order valence-electron chi connectivity index (χ0n) is 8.85. The summed E-state index contributed by atoms with van der Waals surface area (Å²) >= 11 is 0. The zero-order valence-corrected chi connectivity index (χ0v) is 8.85. The molecule has 13 heavy (non-hydrogen) atoms. The van der Waals surface area contributed by atoms with Crippen LogP contribution in [0.4, 0.5) is 4.39 Å². The van der Waals surface area contributed by atoms with Crippen molar-refractivity contribution in [3.8, 4) is 0 Å². The van der Waals surface area contributed by atoms with Crippen molar-refractivity contribution in [3.63, 3.8) is 0 Å². The van der Waals surface area contributed by atoms with E-state index in [1.807, 2.05) is 0 Å². The van der Waals surface area contributed by atoms with E-state index in [0.29, 0.717) is 12.5 Å². The van der Waals surface area contributed by atoms with Gasteiger partial charge in [0.15, 0.2) is 0 Å². The maximum atomic E-state index is 12.0. The standard InChI is InChI=1S/C10H20FNO/c1-9-7-13-10(2,3)8-12(9)6-4-5-11/h9H,4-8H2,1-3H3/t9-/m0/s1. The summed E-state index contributed by atoms with van der Waals surface area (Å²) in [6, 6.07) is 0.430. The van der Waals surface area contributed by atoms with Crippen molar-refractivity contribution in [2.24, 2.45) is 0 Å². The van der Waals surface area contributed by atoms with Crippen molar-refractivity contribution in [2.45, 2.75) is 38.8 Å². The van der Waals surface area contributed by atoms with Gasteiger partial charge in [0, 0.05) is 19.1 Å². The van der Waals surface area contributed by atoms with Crippen LogP contribution in [0.2, 0.25) is 0 Å². The van der Waals surface area contributed by atoms with E-state index in [1.54, 1.807) is 0 Å². The predicted molar refractivity (Wildman–Crippen MR) is 51.7 cm³/mol. The van der Waals surface area contributed by atoms with E-state index in [4.69, 9.17) is 4.74 Å². The molecule has 2 nitrogen and oxygen atoms in total. The van der Waals surface area contributed by atoms with Crippen molar-refractivity contribution in [1.29, 1.82) is 0 Å². The van der Waals surface area contributed by atoms with Crippen molar-refractivity contribution < 1.29 is 9.13 Å². The van der Waals surface area contributed by atoms with E-state index in [0.717, 1.165) is 19.7 Å². The Morgan fingerprint density at radius 1 is 1.54 bits per heavy atom. The largest absolute Gasteiger partial charge is 0.373 e. The molecular formula is C10H20FNO. The Labute approximate surface area is 80.1 Å². The van der Waals surface area contributed by atoms with E-state index < -0.39 is 0 Å². The van der Waals surface area contributed by atoms with Gasteiger partial charge in [-0.05, 0) is 27.2 Å². The fraction of sp³-hybridized carbons (Fsp3) is 1.00. The molecule has 0 bridgehead atoms. The first-order valence-electron chi connectivity index (χ1n) is 4.99. The first kappa shape index (κ1) is 10.9. The SMILES string of the molecule is C[C@H]1COC(C)(C)CN1CCCF. The molecule has 1 aliphatic rings. The number of halogens is 1. The van der Waals surface area contributed by atoms with E-state index in [1.165, 1.54) is 0 Å². The molecule has 0 N–H and O–H groups in total. The molecule has 1 atom stereocenters. The maximum Gasteiger partial charge on any atom is 0.0906 e. The van der Waals surface area contributed by atoms with Crippen LogP contribution in [0, 0.1) is 0 Å². The molecule has 3 heteroatoms. The number of ether oxygens (including phenoxy) is 1. The van der Waals surface area contributed by atoms with Crippen LogP contribution in [0.5, 0.6) is 0 Å². The molecule has 1 rings (SSSR count). The first-order chi connectivity index (χ1) is 6.05. The van der Waals surface area contributed by atoms with E-state index in [-0.39, 0.29) is 12.3 Å². The van der Waals surface area contributed by atoms with Crippen molar-refractivity contribution in [2.75, 3.05) is 26.4 Å². The molecule has 0 aromatic carbocycles. The average Bonchev–Trinajstić information content (AvgIpc) is 2.07. The van der Waals surface area contributed by atoms with Gasteiger partial charge in [-0.3, -0.25) is 9.29 Å². The van der Waals surface area contributed by atoms with Crippen LogP contribution in [0.25, 0.3) is 0 Å². The molecule has 0 saturated carbocycles. The highest BCUT2D eigenvalue weighted by Gasteiger charge is 2.30. The van der Waals surface area contributed by atoms with Crippen LogP contribution in [-0.2, 0) is 4.74 Å². The second kappa shape index (κ2) is 4.38. The van der Waals surface area contributed by atoms with Gasteiger partial charge >= 0.3 is 0 Å². The van der Waals surface area contributed by atoms with Crippen LogP contribution in [0.1, 0.15) is 27.2 Å². The third-order valence-corrected chi connectivity index (χ3v) is 2.50. The third kappa shape index (κ3) is 3.24. The monoisotopic (exact) mass is 189 g/mol. The molecule has 1 heterocycles. The number of hydrogen-bond donors (Lipinski definition) is 0. The summed E-state index contributed by atoms with van der Waals surface area (Å²) in [5, 5.41) is 0. The lowest BCUT2D eigenvalue weighted by Crippen LogP contribution is -2.53. The van der Waals surface area contributed by atoms with Crippen molar-refractivity contribution >= 4 is 0 Å². The van der Waals surface area contributed by atoms with Gasteiger partial charge in [0.1, 0.15) is 0 Å².